The number of rotatable bonds is 7. The molecule has 0 saturated heterocycles. The van der Waals surface area contributed by atoms with Gasteiger partial charge in [0.05, 0.1) is 6.54 Å². The minimum absolute atomic E-state index is 0.0268. The molecule has 0 saturated carbocycles. The van der Waals surface area contributed by atoms with E-state index in [4.69, 9.17) is 23.2 Å². The zero-order chi connectivity index (χ0) is 15.8. The molecular formula is C17H18Cl2N2O. The van der Waals surface area contributed by atoms with Crippen molar-refractivity contribution in [1.29, 1.82) is 0 Å². The number of hydrogen-bond donors (Lipinski definition) is 2. The van der Waals surface area contributed by atoms with Crippen LogP contribution in [0.25, 0.3) is 0 Å². The first-order valence-corrected chi connectivity index (χ1v) is 7.86. The van der Waals surface area contributed by atoms with Crippen molar-refractivity contribution in [2.75, 3.05) is 13.1 Å². The molecule has 2 N–H and O–H groups in total. The van der Waals surface area contributed by atoms with Gasteiger partial charge in [-0.2, -0.15) is 0 Å². The fourth-order valence-corrected chi connectivity index (χ4v) is 2.34. The second-order valence-electron chi connectivity index (χ2n) is 4.92. The van der Waals surface area contributed by atoms with Crippen LogP contribution in [-0.2, 0) is 17.8 Å². The van der Waals surface area contributed by atoms with Crippen molar-refractivity contribution in [2.45, 2.75) is 13.0 Å². The summed E-state index contributed by atoms with van der Waals surface area (Å²) in [6.45, 7) is 1.45. The molecule has 0 spiro atoms. The van der Waals surface area contributed by atoms with Crippen molar-refractivity contribution in [3.05, 3.63) is 69.7 Å². The van der Waals surface area contributed by atoms with E-state index < -0.39 is 0 Å². The van der Waals surface area contributed by atoms with Crippen LogP contribution in [0.2, 0.25) is 10.0 Å². The average Bonchev–Trinajstić information content (AvgIpc) is 2.51. The van der Waals surface area contributed by atoms with Gasteiger partial charge in [0.2, 0.25) is 5.91 Å². The summed E-state index contributed by atoms with van der Waals surface area (Å²) in [5.41, 5.74) is 2.13. The zero-order valence-electron chi connectivity index (χ0n) is 12.1. The van der Waals surface area contributed by atoms with Crippen LogP contribution < -0.4 is 10.6 Å². The van der Waals surface area contributed by atoms with Gasteiger partial charge in [-0.3, -0.25) is 4.79 Å². The van der Waals surface area contributed by atoms with Gasteiger partial charge in [-0.1, -0.05) is 53.5 Å². The maximum absolute atomic E-state index is 11.7. The largest absolute Gasteiger partial charge is 0.355 e. The number of carbonyl (C=O) groups excluding carboxylic acids is 1. The van der Waals surface area contributed by atoms with Gasteiger partial charge in [0.25, 0.3) is 0 Å². The molecule has 0 heterocycles. The fourth-order valence-electron chi connectivity index (χ4n) is 2.01. The van der Waals surface area contributed by atoms with E-state index >= 15 is 0 Å². The van der Waals surface area contributed by atoms with Crippen molar-refractivity contribution in [3.8, 4) is 0 Å². The molecule has 0 fully saturated rings. The highest BCUT2D eigenvalue weighted by Crippen LogP contribution is 2.14. The van der Waals surface area contributed by atoms with E-state index in [-0.39, 0.29) is 12.5 Å². The molecule has 0 atom stereocenters. The summed E-state index contributed by atoms with van der Waals surface area (Å²) in [6, 6.07) is 15.2. The number of benzene rings is 2. The summed E-state index contributed by atoms with van der Waals surface area (Å²) in [5, 5.41) is 7.39. The Morgan fingerprint density at radius 3 is 2.45 bits per heavy atom. The molecule has 5 heteroatoms. The Hall–Kier alpha value is -1.55. The van der Waals surface area contributed by atoms with E-state index in [0.29, 0.717) is 18.1 Å². The smallest absolute Gasteiger partial charge is 0.233 e. The van der Waals surface area contributed by atoms with E-state index in [1.165, 1.54) is 0 Å². The number of halogens is 2. The highest BCUT2D eigenvalue weighted by atomic mass is 35.5. The van der Waals surface area contributed by atoms with Crippen LogP contribution in [-0.4, -0.2) is 19.0 Å². The quantitative estimate of drug-likeness (QED) is 0.813. The van der Waals surface area contributed by atoms with Crippen LogP contribution >= 0.6 is 23.2 Å². The molecule has 0 aliphatic rings. The van der Waals surface area contributed by atoms with Crippen LogP contribution in [0.3, 0.4) is 0 Å². The molecule has 0 aliphatic carbocycles. The molecule has 22 heavy (non-hydrogen) atoms. The third-order valence-corrected chi connectivity index (χ3v) is 3.83. The molecule has 0 aromatic heterocycles. The number of hydrogen-bond acceptors (Lipinski definition) is 2. The summed E-state index contributed by atoms with van der Waals surface area (Å²) < 4.78 is 0. The summed E-state index contributed by atoms with van der Waals surface area (Å²) in [6.07, 6.45) is 0.785. The molecule has 0 aliphatic heterocycles. The molecule has 0 bridgehead atoms. The summed E-state index contributed by atoms with van der Waals surface area (Å²) >= 11 is 11.9. The molecule has 0 radical (unpaired) electrons. The predicted octanol–water partition coefficient (Wildman–Crippen LogP) is 3.44. The molecule has 0 unspecified atom stereocenters. The Morgan fingerprint density at radius 2 is 1.73 bits per heavy atom. The van der Waals surface area contributed by atoms with Gasteiger partial charge in [-0.25, -0.2) is 0 Å². The monoisotopic (exact) mass is 336 g/mol. The molecule has 2 rings (SSSR count). The van der Waals surface area contributed by atoms with Gasteiger partial charge in [0, 0.05) is 23.1 Å². The van der Waals surface area contributed by atoms with Gasteiger partial charge in [0.15, 0.2) is 0 Å². The Morgan fingerprint density at radius 1 is 1.00 bits per heavy atom. The van der Waals surface area contributed by atoms with Gasteiger partial charge >= 0.3 is 0 Å². The van der Waals surface area contributed by atoms with Crippen LogP contribution in [0.1, 0.15) is 11.1 Å². The molecule has 1 amide bonds. The Bertz CT molecular complexity index is 614. The zero-order valence-corrected chi connectivity index (χ0v) is 13.6. The third-order valence-electron chi connectivity index (χ3n) is 3.21. The predicted molar refractivity (Wildman–Crippen MR) is 91.3 cm³/mol. The van der Waals surface area contributed by atoms with Crippen LogP contribution in [0.5, 0.6) is 0 Å². The number of amides is 1. The summed E-state index contributed by atoms with van der Waals surface area (Å²) in [5.74, 6) is -0.0268. The lowest BCUT2D eigenvalue weighted by Gasteiger charge is -2.08. The van der Waals surface area contributed by atoms with Crippen molar-refractivity contribution in [2.24, 2.45) is 0 Å². The standard InChI is InChI=1S/C17H18Cl2N2O/c18-15-7-5-13(6-8-15)9-10-21-17(22)12-20-11-14-3-1-2-4-16(14)19/h1-8,20H,9-12H2,(H,21,22). The first-order valence-electron chi connectivity index (χ1n) is 7.10. The molecular weight excluding hydrogens is 319 g/mol. The van der Waals surface area contributed by atoms with Crippen LogP contribution in [0.15, 0.2) is 48.5 Å². The first-order chi connectivity index (χ1) is 10.6. The molecule has 3 nitrogen and oxygen atoms in total. The van der Waals surface area contributed by atoms with Gasteiger partial charge in [0.1, 0.15) is 0 Å². The second kappa shape index (κ2) is 8.79. The number of carbonyl (C=O) groups is 1. The lowest BCUT2D eigenvalue weighted by atomic mass is 10.1. The minimum atomic E-state index is -0.0268. The van der Waals surface area contributed by atoms with Gasteiger partial charge < -0.3 is 10.6 Å². The Balaban J connectivity index is 1.64. The number of nitrogens with one attached hydrogen (secondary N) is 2. The van der Waals surface area contributed by atoms with Gasteiger partial charge in [-0.15, -0.1) is 0 Å². The normalized spacial score (nSPS) is 10.5. The van der Waals surface area contributed by atoms with Crippen molar-refractivity contribution < 1.29 is 4.79 Å². The Labute approximate surface area is 140 Å². The van der Waals surface area contributed by atoms with E-state index in [1.54, 1.807) is 0 Å². The molecule has 116 valence electrons. The summed E-state index contributed by atoms with van der Waals surface area (Å²) in [7, 11) is 0. The van der Waals surface area contributed by atoms with E-state index in [0.717, 1.165) is 22.6 Å². The summed E-state index contributed by atoms with van der Waals surface area (Å²) in [4.78, 5) is 11.7. The van der Waals surface area contributed by atoms with Crippen LogP contribution in [0.4, 0.5) is 0 Å². The highest BCUT2D eigenvalue weighted by Gasteiger charge is 2.02. The van der Waals surface area contributed by atoms with Crippen LogP contribution in [0, 0.1) is 0 Å². The van der Waals surface area contributed by atoms with E-state index in [9.17, 15) is 4.79 Å². The van der Waals surface area contributed by atoms with E-state index in [2.05, 4.69) is 10.6 Å². The second-order valence-corrected chi connectivity index (χ2v) is 5.77. The fraction of sp³-hybridized carbons (Fsp3) is 0.235. The first kappa shape index (κ1) is 16.8. The topological polar surface area (TPSA) is 41.1 Å². The lowest BCUT2D eigenvalue weighted by molar-refractivity contribution is -0.120. The third kappa shape index (κ3) is 5.68. The highest BCUT2D eigenvalue weighted by molar-refractivity contribution is 6.31. The lowest BCUT2D eigenvalue weighted by Crippen LogP contribution is -2.34. The van der Waals surface area contributed by atoms with Crippen molar-refractivity contribution in [3.63, 3.8) is 0 Å². The molecule has 2 aromatic rings. The minimum Gasteiger partial charge on any atom is -0.355 e. The molecule has 2 aromatic carbocycles. The van der Waals surface area contributed by atoms with E-state index in [1.807, 2.05) is 48.5 Å². The SMILES string of the molecule is O=C(CNCc1ccccc1Cl)NCCc1ccc(Cl)cc1. The van der Waals surface area contributed by atoms with Gasteiger partial charge in [-0.05, 0) is 35.7 Å². The average molecular weight is 337 g/mol. The Kier molecular flexibility index (Phi) is 6.72. The van der Waals surface area contributed by atoms with Crippen molar-refractivity contribution in [1.82, 2.24) is 10.6 Å². The maximum Gasteiger partial charge on any atom is 0.233 e. The van der Waals surface area contributed by atoms with Crippen molar-refractivity contribution >= 4 is 29.1 Å². The maximum atomic E-state index is 11.7.